The molecule has 4 rings (SSSR count). The standard InChI is InChI=1S/C20H25F2N5O3/c21-13-3-5-15(22)17(9-13)24-20(29)23-16-6-4-14(30-19(16)11-28)7-8-27-10-18(25-26-27)12-1-2-12/h3,5,9-10,12,14,16,19,28H,1-2,4,6-8,11H2,(H2,23,24,29)/t14-,16-,19-/m0/s1. The number of aryl methyl sites for hydroxylation is 1. The minimum Gasteiger partial charge on any atom is -0.394 e. The third-order valence-electron chi connectivity index (χ3n) is 5.52. The lowest BCUT2D eigenvalue weighted by atomic mass is 9.97. The van der Waals surface area contributed by atoms with E-state index in [-0.39, 0.29) is 18.4 Å². The number of carbonyl (C=O) groups excluding carboxylic acids is 1. The smallest absolute Gasteiger partial charge is 0.319 e. The Labute approximate surface area is 172 Å². The average Bonchev–Trinajstić information content (AvgIpc) is 3.48. The quantitative estimate of drug-likeness (QED) is 0.638. The summed E-state index contributed by atoms with van der Waals surface area (Å²) in [5.74, 6) is -0.828. The number of aromatic nitrogens is 3. The van der Waals surface area contributed by atoms with E-state index in [2.05, 4.69) is 20.9 Å². The van der Waals surface area contributed by atoms with Gasteiger partial charge < -0.3 is 20.5 Å². The van der Waals surface area contributed by atoms with Crippen LogP contribution in [0.3, 0.4) is 0 Å². The Morgan fingerprint density at radius 1 is 1.27 bits per heavy atom. The molecule has 8 nitrogen and oxygen atoms in total. The maximum Gasteiger partial charge on any atom is 0.319 e. The van der Waals surface area contributed by atoms with Crippen molar-refractivity contribution in [3.05, 3.63) is 41.7 Å². The number of halogens is 2. The third kappa shape index (κ3) is 5.11. The molecule has 2 heterocycles. The summed E-state index contributed by atoms with van der Waals surface area (Å²) in [6.07, 6.45) is 5.69. The van der Waals surface area contributed by atoms with E-state index in [1.165, 1.54) is 12.8 Å². The van der Waals surface area contributed by atoms with Crippen LogP contribution >= 0.6 is 0 Å². The molecule has 0 bridgehead atoms. The predicted octanol–water partition coefficient (Wildman–Crippen LogP) is 2.55. The van der Waals surface area contributed by atoms with Gasteiger partial charge in [-0.25, -0.2) is 13.6 Å². The van der Waals surface area contributed by atoms with Crippen LogP contribution in [0.15, 0.2) is 24.4 Å². The van der Waals surface area contributed by atoms with E-state index in [1.54, 1.807) is 0 Å². The zero-order valence-electron chi connectivity index (χ0n) is 16.4. The summed E-state index contributed by atoms with van der Waals surface area (Å²) in [6.45, 7) is 0.408. The van der Waals surface area contributed by atoms with Gasteiger partial charge in [0.15, 0.2) is 0 Å². The number of benzene rings is 1. The van der Waals surface area contributed by atoms with Gasteiger partial charge in [0.05, 0.1) is 30.1 Å². The minimum absolute atomic E-state index is 0.0718. The SMILES string of the molecule is O=C(Nc1cc(F)ccc1F)N[C@H]1CC[C@@H](CCn2cc(C3CC3)nn2)O[C@H]1CO. The Morgan fingerprint density at radius 3 is 2.87 bits per heavy atom. The first-order valence-electron chi connectivity index (χ1n) is 10.2. The lowest BCUT2D eigenvalue weighted by Crippen LogP contribution is -2.52. The third-order valence-corrected chi connectivity index (χ3v) is 5.52. The Hall–Kier alpha value is -2.59. The van der Waals surface area contributed by atoms with Gasteiger partial charge in [-0.15, -0.1) is 5.10 Å². The number of hydrogen-bond donors (Lipinski definition) is 3. The lowest BCUT2D eigenvalue weighted by molar-refractivity contribution is -0.0905. The van der Waals surface area contributed by atoms with Crippen molar-refractivity contribution in [1.82, 2.24) is 20.3 Å². The molecular weight excluding hydrogens is 396 g/mol. The van der Waals surface area contributed by atoms with E-state index in [1.807, 2.05) is 10.9 Å². The van der Waals surface area contributed by atoms with Crippen LogP contribution in [0.5, 0.6) is 0 Å². The molecule has 30 heavy (non-hydrogen) atoms. The van der Waals surface area contributed by atoms with E-state index in [0.717, 1.165) is 30.3 Å². The molecule has 2 aliphatic rings. The molecule has 1 aliphatic heterocycles. The molecule has 0 spiro atoms. The molecule has 0 radical (unpaired) electrons. The Morgan fingerprint density at radius 2 is 2.10 bits per heavy atom. The van der Waals surface area contributed by atoms with Gasteiger partial charge in [-0.05, 0) is 44.2 Å². The second-order valence-corrected chi connectivity index (χ2v) is 7.86. The largest absolute Gasteiger partial charge is 0.394 e. The van der Waals surface area contributed by atoms with Crippen LogP contribution in [0.25, 0.3) is 0 Å². The zero-order valence-corrected chi connectivity index (χ0v) is 16.4. The van der Waals surface area contributed by atoms with Gasteiger partial charge in [0.25, 0.3) is 0 Å². The molecule has 1 saturated carbocycles. The van der Waals surface area contributed by atoms with Crippen molar-refractivity contribution in [3.8, 4) is 0 Å². The number of anilines is 1. The molecule has 1 saturated heterocycles. The highest BCUT2D eigenvalue weighted by Gasteiger charge is 2.32. The number of ether oxygens (including phenoxy) is 1. The lowest BCUT2D eigenvalue weighted by Gasteiger charge is -2.36. The first-order valence-corrected chi connectivity index (χ1v) is 10.2. The number of amides is 2. The number of nitrogens with one attached hydrogen (secondary N) is 2. The molecule has 1 aromatic heterocycles. The van der Waals surface area contributed by atoms with Crippen molar-refractivity contribution in [1.29, 1.82) is 0 Å². The van der Waals surface area contributed by atoms with Gasteiger partial charge in [0.2, 0.25) is 0 Å². The predicted molar refractivity (Wildman–Crippen MR) is 104 cm³/mol. The summed E-state index contributed by atoms with van der Waals surface area (Å²) in [7, 11) is 0. The van der Waals surface area contributed by atoms with Crippen LogP contribution in [0.2, 0.25) is 0 Å². The first kappa shape index (κ1) is 20.7. The summed E-state index contributed by atoms with van der Waals surface area (Å²) in [4.78, 5) is 12.2. The minimum atomic E-state index is -0.733. The molecule has 1 aliphatic carbocycles. The van der Waals surface area contributed by atoms with Gasteiger partial charge in [-0.1, -0.05) is 5.21 Å². The number of urea groups is 1. The molecule has 162 valence electrons. The van der Waals surface area contributed by atoms with Gasteiger partial charge in [0, 0.05) is 24.7 Å². The van der Waals surface area contributed by atoms with Gasteiger partial charge in [0.1, 0.15) is 17.7 Å². The fourth-order valence-corrected chi connectivity index (χ4v) is 3.69. The van der Waals surface area contributed by atoms with Crippen molar-refractivity contribution in [2.45, 2.75) is 62.8 Å². The van der Waals surface area contributed by atoms with Crippen molar-refractivity contribution >= 4 is 11.7 Å². The first-order chi connectivity index (χ1) is 14.5. The Kier molecular flexibility index (Phi) is 6.24. The molecule has 2 fully saturated rings. The highest BCUT2D eigenvalue weighted by molar-refractivity contribution is 5.89. The van der Waals surface area contributed by atoms with Crippen LogP contribution < -0.4 is 10.6 Å². The maximum atomic E-state index is 13.7. The van der Waals surface area contributed by atoms with Crippen molar-refractivity contribution in [3.63, 3.8) is 0 Å². The highest BCUT2D eigenvalue weighted by atomic mass is 19.1. The zero-order chi connectivity index (χ0) is 21.1. The van der Waals surface area contributed by atoms with E-state index in [0.29, 0.717) is 25.3 Å². The van der Waals surface area contributed by atoms with Gasteiger partial charge >= 0.3 is 6.03 Å². The number of hydrogen-bond acceptors (Lipinski definition) is 5. The van der Waals surface area contributed by atoms with Crippen LogP contribution in [-0.4, -0.2) is 51.0 Å². The second-order valence-electron chi connectivity index (χ2n) is 7.86. The Balaban J connectivity index is 1.26. The normalized spacial score (nSPS) is 23.9. The number of nitrogens with zero attached hydrogens (tertiary/aromatic N) is 3. The van der Waals surface area contributed by atoms with E-state index in [4.69, 9.17) is 4.74 Å². The topological polar surface area (TPSA) is 101 Å². The fourth-order valence-electron chi connectivity index (χ4n) is 3.69. The molecule has 1 aromatic carbocycles. The summed E-state index contributed by atoms with van der Waals surface area (Å²) in [6, 6.07) is 1.71. The molecule has 3 atom stereocenters. The molecule has 2 aromatic rings. The van der Waals surface area contributed by atoms with E-state index in [9.17, 15) is 18.7 Å². The van der Waals surface area contributed by atoms with Crippen molar-refractivity contribution in [2.24, 2.45) is 0 Å². The second kappa shape index (κ2) is 9.05. The highest BCUT2D eigenvalue weighted by Crippen LogP contribution is 2.38. The number of aliphatic hydroxyl groups excluding tert-OH is 1. The Bertz CT molecular complexity index is 889. The molecule has 2 amide bonds. The van der Waals surface area contributed by atoms with Crippen LogP contribution in [0, 0.1) is 11.6 Å². The average molecular weight is 421 g/mol. The molecule has 0 unspecified atom stereocenters. The van der Waals surface area contributed by atoms with Crippen LogP contribution in [0.4, 0.5) is 19.3 Å². The summed E-state index contributed by atoms with van der Waals surface area (Å²) >= 11 is 0. The number of carbonyl (C=O) groups is 1. The van der Waals surface area contributed by atoms with E-state index < -0.39 is 29.8 Å². The van der Waals surface area contributed by atoms with Crippen molar-refractivity contribution < 1.29 is 23.4 Å². The van der Waals surface area contributed by atoms with Gasteiger partial charge in [-0.2, -0.15) is 0 Å². The van der Waals surface area contributed by atoms with Gasteiger partial charge in [-0.3, -0.25) is 4.68 Å². The maximum absolute atomic E-state index is 13.7. The van der Waals surface area contributed by atoms with Crippen LogP contribution in [-0.2, 0) is 11.3 Å². The van der Waals surface area contributed by atoms with E-state index >= 15 is 0 Å². The number of aliphatic hydroxyl groups is 1. The monoisotopic (exact) mass is 421 g/mol. The summed E-state index contributed by atoms with van der Waals surface area (Å²) in [5, 5.41) is 23.0. The summed E-state index contributed by atoms with van der Waals surface area (Å²) in [5.41, 5.74) is 0.791. The number of rotatable bonds is 7. The summed E-state index contributed by atoms with van der Waals surface area (Å²) < 4.78 is 34.7. The molecule has 3 N–H and O–H groups in total. The van der Waals surface area contributed by atoms with Crippen LogP contribution in [0.1, 0.15) is 43.7 Å². The molecule has 10 heteroatoms. The van der Waals surface area contributed by atoms with Crippen molar-refractivity contribution in [2.75, 3.05) is 11.9 Å². The fraction of sp³-hybridized carbons (Fsp3) is 0.550. The molecular formula is C20H25F2N5O3.